The number of nitrogens with one attached hydrogen (secondary N) is 3. The number of hydrogen-bond donors (Lipinski definition) is 7. The highest BCUT2D eigenvalue weighted by atomic mass is 16.2. The monoisotopic (exact) mass is 557 g/mol. The number of primary amides is 1. The standard InChI is InChI=1S/C29H35N9O3/c30-25(31)20-12-10-18(11-13-20)16-22(21-8-4-14-35-17-21)27(40)38-24(19-6-2-1-3-7-19)28(41)37-23(26(32)39)9-5-15-36-29(33)34/h1-4,6-8,10-14,17,22-24H,5,9,15-16H2,(H3,30,31)(H2,32,39)(H,37,41)(H,38,40)(H4,33,34,36)/t22-,23-,24-/m0/s1. The molecule has 3 aromatic rings. The number of carbonyl (C=O) groups is 3. The van der Waals surface area contributed by atoms with Gasteiger partial charge < -0.3 is 33.6 Å². The second kappa shape index (κ2) is 14.8. The van der Waals surface area contributed by atoms with Gasteiger partial charge in [0.25, 0.3) is 0 Å². The molecule has 214 valence electrons. The Bertz CT molecular complexity index is 1360. The van der Waals surface area contributed by atoms with Crippen molar-refractivity contribution in [3.05, 3.63) is 101 Å². The maximum Gasteiger partial charge on any atom is 0.247 e. The van der Waals surface area contributed by atoms with E-state index in [4.69, 9.17) is 28.3 Å². The first-order chi connectivity index (χ1) is 19.7. The molecular weight excluding hydrogens is 522 g/mol. The van der Waals surface area contributed by atoms with Crippen LogP contribution in [-0.4, -0.2) is 47.1 Å². The van der Waals surface area contributed by atoms with E-state index in [-0.39, 0.29) is 24.8 Å². The lowest BCUT2D eigenvalue weighted by Gasteiger charge is -2.25. The highest BCUT2D eigenvalue weighted by Crippen LogP contribution is 2.23. The van der Waals surface area contributed by atoms with E-state index < -0.39 is 35.7 Å². The molecule has 0 saturated carbocycles. The van der Waals surface area contributed by atoms with E-state index in [2.05, 4.69) is 20.6 Å². The fourth-order valence-corrected chi connectivity index (χ4v) is 4.23. The summed E-state index contributed by atoms with van der Waals surface area (Å²) in [5.74, 6) is -2.55. The molecular formula is C29H35N9O3. The van der Waals surface area contributed by atoms with Gasteiger partial charge in [-0.2, -0.15) is 0 Å². The van der Waals surface area contributed by atoms with E-state index in [1.165, 1.54) is 0 Å². The van der Waals surface area contributed by atoms with E-state index in [0.29, 0.717) is 29.5 Å². The van der Waals surface area contributed by atoms with Crippen LogP contribution >= 0.6 is 0 Å². The Morgan fingerprint density at radius 1 is 0.854 bits per heavy atom. The number of aliphatic imine (C=N–C) groups is 1. The number of aromatic nitrogens is 1. The summed E-state index contributed by atoms with van der Waals surface area (Å²) in [6.45, 7) is 0.265. The molecule has 41 heavy (non-hydrogen) atoms. The highest BCUT2D eigenvalue weighted by molar-refractivity contribution is 5.95. The molecule has 0 bridgehead atoms. The number of nitrogens with two attached hydrogens (primary N) is 4. The molecule has 0 radical (unpaired) electrons. The van der Waals surface area contributed by atoms with Crippen LogP contribution in [0.25, 0.3) is 0 Å². The van der Waals surface area contributed by atoms with E-state index in [1.54, 1.807) is 79.1 Å². The van der Waals surface area contributed by atoms with E-state index >= 15 is 0 Å². The predicted octanol–water partition coefficient (Wildman–Crippen LogP) is 0.573. The Hall–Kier alpha value is -5.26. The van der Waals surface area contributed by atoms with Crippen LogP contribution in [0.4, 0.5) is 0 Å². The van der Waals surface area contributed by atoms with Crippen LogP contribution in [0.5, 0.6) is 0 Å². The van der Waals surface area contributed by atoms with E-state index in [0.717, 1.165) is 5.56 Å². The normalized spacial score (nSPS) is 12.8. The van der Waals surface area contributed by atoms with Gasteiger partial charge in [0.05, 0.1) is 5.92 Å². The number of benzene rings is 2. The van der Waals surface area contributed by atoms with Gasteiger partial charge in [0.2, 0.25) is 17.7 Å². The lowest BCUT2D eigenvalue weighted by molar-refractivity contribution is -0.132. The summed E-state index contributed by atoms with van der Waals surface area (Å²) in [5, 5.41) is 13.1. The molecule has 0 aliphatic rings. The number of amidine groups is 1. The van der Waals surface area contributed by atoms with Gasteiger partial charge in [-0.25, -0.2) is 0 Å². The zero-order valence-electron chi connectivity index (χ0n) is 22.5. The summed E-state index contributed by atoms with van der Waals surface area (Å²) in [6, 6.07) is 17.2. The van der Waals surface area contributed by atoms with Gasteiger partial charge in [-0.1, -0.05) is 60.7 Å². The molecule has 12 heteroatoms. The first kappa shape index (κ1) is 30.3. The molecule has 0 fully saturated rings. The summed E-state index contributed by atoms with van der Waals surface area (Å²) < 4.78 is 0. The maximum absolute atomic E-state index is 13.8. The Kier molecular flexibility index (Phi) is 10.9. The number of nitrogens with zero attached hydrogens (tertiary/aromatic N) is 2. The van der Waals surface area contributed by atoms with Crippen molar-refractivity contribution in [1.29, 1.82) is 5.41 Å². The molecule has 1 heterocycles. The summed E-state index contributed by atoms with van der Waals surface area (Å²) in [5.41, 5.74) is 24.4. The second-order valence-corrected chi connectivity index (χ2v) is 9.42. The molecule has 0 saturated heterocycles. The third-order valence-electron chi connectivity index (χ3n) is 6.39. The predicted molar refractivity (Wildman–Crippen MR) is 157 cm³/mol. The van der Waals surface area contributed by atoms with Crippen molar-refractivity contribution in [2.45, 2.75) is 37.3 Å². The number of rotatable bonds is 14. The van der Waals surface area contributed by atoms with Crippen molar-refractivity contribution in [3.63, 3.8) is 0 Å². The molecule has 3 atom stereocenters. The molecule has 1 aromatic heterocycles. The van der Waals surface area contributed by atoms with E-state index in [9.17, 15) is 14.4 Å². The Labute approximate surface area is 238 Å². The fraction of sp³-hybridized carbons (Fsp3) is 0.241. The molecule has 2 aromatic carbocycles. The van der Waals surface area contributed by atoms with Crippen molar-refractivity contribution < 1.29 is 14.4 Å². The molecule has 3 rings (SSSR count). The van der Waals surface area contributed by atoms with Gasteiger partial charge in [0, 0.05) is 24.5 Å². The third-order valence-corrected chi connectivity index (χ3v) is 6.39. The van der Waals surface area contributed by atoms with Crippen molar-refractivity contribution in [1.82, 2.24) is 15.6 Å². The van der Waals surface area contributed by atoms with Crippen molar-refractivity contribution >= 4 is 29.5 Å². The summed E-state index contributed by atoms with van der Waals surface area (Å²) in [7, 11) is 0. The SMILES string of the molecule is N=C(N)c1ccc(C[C@H](C(=O)N[C@H](C(=O)N[C@@H](CCCN=C(N)N)C(N)=O)c2ccccc2)c2cccnc2)cc1. The number of carbonyl (C=O) groups excluding carboxylic acids is 3. The fourth-order valence-electron chi connectivity index (χ4n) is 4.23. The third kappa shape index (κ3) is 9.17. The largest absolute Gasteiger partial charge is 0.384 e. The average molecular weight is 558 g/mol. The lowest BCUT2D eigenvalue weighted by atomic mass is 9.91. The number of pyridine rings is 1. The van der Waals surface area contributed by atoms with Gasteiger partial charge in [0.15, 0.2) is 5.96 Å². The molecule has 0 aliphatic heterocycles. The van der Waals surface area contributed by atoms with Gasteiger partial charge in [0.1, 0.15) is 17.9 Å². The maximum atomic E-state index is 13.8. The second-order valence-electron chi connectivity index (χ2n) is 9.42. The average Bonchev–Trinajstić information content (AvgIpc) is 2.96. The minimum atomic E-state index is -1.11. The van der Waals surface area contributed by atoms with Gasteiger partial charge >= 0.3 is 0 Å². The minimum Gasteiger partial charge on any atom is -0.384 e. The molecule has 0 unspecified atom stereocenters. The molecule has 3 amide bonds. The smallest absolute Gasteiger partial charge is 0.247 e. The lowest BCUT2D eigenvalue weighted by Crippen LogP contribution is -2.50. The molecule has 12 nitrogen and oxygen atoms in total. The van der Waals surface area contributed by atoms with Crippen LogP contribution in [0.3, 0.4) is 0 Å². The zero-order chi connectivity index (χ0) is 29.8. The Morgan fingerprint density at radius 2 is 1.54 bits per heavy atom. The number of hydrogen-bond acceptors (Lipinski definition) is 6. The van der Waals surface area contributed by atoms with Gasteiger partial charge in [-0.3, -0.25) is 29.8 Å². The number of amides is 3. The first-order valence-corrected chi connectivity index (χ1v) is 13.0. The molecule has 0 spiro atoms. The topological polar surface area (TPSA) is 228 Å². The summed E-state index contributed by atoms with van der Waals surface area (Å²) in [6.07, 6.45) is 4.12. The Morgan fingerprint density at radius 3 is 2.12 bits per heavy atom. The molecule has 11 N–H and O–H groups in total. The summed E-state index contributed by atoms with van der Waals surface area (Å²) in [4.78, 5) is 47.5. The first-order valence-electron chi connectivity index (χ1n) is 13.0. The minimum absolute atomic E-state index is 0.0553. The van der Waals surface area contributed by atoms with Crippen molar-refractivity contribution in [2.75, 3.05) is 6.54 Å². The van der Waals surface area contributed by atoms with Gasteiger partial charge in [-0.05, 0) is 42.0 Å². The number of guanidine groups is 1. The van der Waals surface area contributed by atoms with Crippen LogP contribution in [-0.2, 0) is 20.8 Å². The highest BCUT2D eigenvalue weighted by Gasteiger charge is 2.30. The molecule has 0 aliphatic carbocycles. The quantitative estimate of drug-likeness (QED) is 0.0845. The Balaban J connectivity index is 1.85. The van der Waals surface area contributed by atoms with Crippen LogP contribution in [0.2, 0.25) is 0 Å². The van der Waals surface area contributed by atoms with Crippen LogP contribution in [0, 0.1) is 5.41 Å². The van der Waals surface area contributed by atoms with E-state index in [1.807, 2.05) is 0 Å². The zero-order valence-corrected chi connectivity index (χ0v) is 22.5. The van der Waals surface area contributed by atoms with Crippen molar-refractivity contribution in [2.24, 2.45) is 27.9 Å². The summed E-state index contributed by atoms with van der Waals surface area (Å²) >= 11 is 0. The van der Waals surface area contributed by atoms with Crippen LogP contribution in [0.1, 0.15) is 47.1 Å². The van der Waals surface area contributed by atoms with Crippen LogP contribution in [0.15, 0.2) is 84.1 Å². The van der Waals surface area contributed by atoms with Crippen molar-refractivity contribution in [3.8, 4) is 0 Å². The van der Waals surface area contributed by atoms with Gasteiger partial charge in [-0.15, -0.1) is 0 Å². The number of nitrogen functional groups attached to an aromatic ring is 1. The van der Waals surface area contributed by atoms with Crippen LogP contribution < -0.4 is 33.6 Å².